The van der Waals surface area contributed by atoms with E-state index >= 15 is 0 Å². The van der Waals surface area contributed by atoms with E-state index in [4.69, 9.17) is 0 Å². The van der Waals surface area contributed by atoms with Gasteiger partial charge < -0.3 is 0 Å². The van der Waals surface area contributed by atoms with Crippen LogP contribution >= 0.6 is 0 Å². The minimum absolute atomic E-state index is 0.120. The third kappa shape index (κ3) is 3.60. The third-order valence-electron chi connectivity index (χ3n) is 2.42. The molecule has 0 fully saturated rings. The fourth-order valence-electron chi connectivity index (χ4n) is 1.60. The third-order valence-corrected chi connectivity index (χ3v) is 4.13. The lowest BCUT2D eigenvalue weighted by atomic mass is 10.2. The molecule has 1 aliphatic rings. The van der Waals surface area contributed by atoms with E-state index in [9.17, 15) is 8.78 Å². The summed E-state index contributed by atoms with van der Waals surface area (Å²) in [6, 6.07) is 9.95. The molecule has 1 aromatic rings. The van der Waals surface area contributed by atoms with E-state index in [1.165, 1.54) is 0 Å². The van der Waals surface area contributed by atoms with Crippen molar-refractivity contribution in [2.75, 3.05) is 11.5 Å². The van der Waals surface area contributed by atoms with E-state index in [0.29, 0.717) is 12.2 Å². The maximum atomic E-state index is 11.9. The zero-order valence-electron chi connectivity index (χ0n) is 9.27. The molecule has 0 N–H and O–H groups in total. The number of rotatable bonds is 4. The standard InChI is InChI=1S/C13H13F2NS/c14-13(15)7-4-9-17-10-8-12(16-17)11-5-2-1-3-6-11/h1-3,5-8H,4,9-10H2. The quantitative estimate of drug-likeness (QED) is 0.768. The van der Waals surface area contributed by atoms with Crippen LogP contribution in [0, 0.1) is 0 Å². The average Bonchev–Trinajstić information content (AvgIpc) is 2.78. The van der Waals surface area contributed by atoms with Crippen molar-refractivity contribution < 1.29 is 8.78 Å². The van der Waals surface area contributed by atoms with Gasteiger partial charge in [-0.05, 0) is 18.6 Å². The molecule has 1 aliphatic heterocycles. The summed E-state index contributed by atoms with van der Waals surface area (Å²) in [5.74, 6) is 1.59. The summed E-state index contributed by atoms with van der Waals surface area (Å²) in [5, 5.41) is 0. The van der Waals surface area contributed by atoms with Crippen LogP contribution in [0.4, 0.5) is 8.78 Å². The van der Waals surface area contributed by atoms with E-state index in [1.54, 1.807) is 0 Å². The van der Waals surface area contributed by atoms with Crippen LogP contribution in [-0.2, 0) is 10.7 Å². The van der Waals surface area contributed by atoms with Gasteiger partial charge in [0, 0.05) is 17.1 Å². The molecule has 0 aliphatic carbocycles. The molecular formula is C13H13F2NS. The van der Waals surface area contributed by atoms with Crippen LogP contribution in [-0.4, -0.2) is 11.5 Å². The summed E-state index contributed by atoms with van der Waals surface area (Å²) < 4.78 is 28.3. The molecule has 0 spiro atoms. The van der Waals surface area contributed by atoms with Crippen molar-refractivity contribution >= 4 is 16.4 Å². The van der Waals surface area contributed by atoms with E-state index < -0.39 is 6.08 Å². The first kappa shape index (κ1) is 12.2. The minimum Gasteiger partial charge on any atom is -0.227 e. The number of halogens is 2. The van der Waals surface area contributed by atoms with Crippen molar-refractivity contribution in [3.05, 3.63) is 54.1 Å². The summed E-state index contributed by atoms with van der Waals surface area (Å²) in [5.41, 5.74) is 2.10. The predicted octanol–water partition coefficient (Wildman–Crippen LogP) is 4.01. The Morgan fingerprint density at radius 1 is 1.29 bits per heavy atom. The van der Waals surface area contributed by atoms with Gasteiger partial charge in [-0.3, -0.25) is 0 Å². The summed E-state index contributed by atoms with van der Waals surface area (Å²) in [7, 11) is -0.120. The molecule has 0 saturated heterocycles. The first-order valence-electron chi connectivity index (χ1n) is 5.42. The molecule has 1 unspecified atom stereocenters. The van der Waals surface area contributed by atoms with Crippen molar-refractivity contribution in [2.45, 2.75) is 6.42 Å². The number of nitrogens with zero attached hydrogens (tertiary/aromatic N) is 1. The second-order valence-corrected chi connectivity index (χ2v) is 5.51. The van der Waals surface area contributed by atoms with Gasteiger partial charge in [0.1, 0.15) is 0 Å². The molecular weight excluding hydrogens is 240 g/mol. The molecule has 17 heavy (non-hydrogen) atoms. The Bertz CT molecular complexity index is 473. The number of hydrogen-bond acceptors (Lipinski definition) is 1. The van der Waals surface area contributed by atoms with Crippen molar-refractivity contribution in [1.82, 2.24) is 0 Å². The fourth-order valence-corrected chi connectivity index (χ4v) is 3.13. The Balaban J connectivity index is 1.96. The van der Waals surface area contributed by atoms with E-state index in [0.717, 1.165) is 23.1 Å². The first-order valence-corrected chi connectivity index (χ1v) is 6.94. The molecule has 1 heterocycles. The monoisotopic (exact) mass is 253 g/mol. The highest BCUT2D eigenvalue weighted by Crippen LogP contribution is 2.22. The lowest BCUT2D eigenvalue weighted by Gasteiger charge is -1.99. The highest BCUT2D eigenvalue weighted by molar-refractivity contribution is 7.87. The second kappa shape index (κ2) is 5.87. The van der Waals surface area contributed by atoms with Gasteiger partial charge in [0.25, 0.3) is 6.08 Å². The van der Waals surface area contributed by atoms with Crippen LogP contribution < -0.4 is 0 Å². The molecule has 0 aromatic heterocycles. The Kier molecular flexibility index (Phi) is 4.20. The van der Waals surface area contributed by atoms with Crippen molar-refractivity contribution in [3.63, 3.8) is 0 Å². The minimum atomic E-state index is -1.59. The lowest BCUT2D eigenvalue weighted by Crippen LogP contribution is -1.95. The Morgan fingerprint density at radius 3 is 2.76 bits per heavy atom. The van der Waals surface area contributed by atoms with Gasteiger partial charge in [0.2, 0.25) is 0 Å². The van der Waals surface area contributed by atoms with Gasteiger partial charge in [0.15, 0.2) is 0 Å². The molecule has 0 saturated carbocycles. The van der Waals surface area contributed by atoms with Crippen molar-refractivity contribution in [1.29, 1.82) is 0 Å². The van der Waals surface area contributed by atoms with Crippen LogP contribution in [0.15, 0.2) is 52.9 Å². The molecule has 0 bridgehead atoms. The van der Waals surface area contributed by atoms with Crippen LogP contribution in [0.1, 0.15) is 12.0 Å². The van der Waals surface area contributed by atoms with Gasteiger partial charge in [-0.25, -0.2) is 4.36 Å². The van der Waals surface area contributed by atoms with Gasteiger partial charge in [-0.1, -0.05) is 41.0 Å². The molecule has 90 valence electrons. The summed E-state index contributed by atoms with van der Waals surface area (Å²) in [4.78, 5) is 0. The number of benzene rings is 1. The number of allylic oxidation sites excluding steroid dienone is 1. The number of hydrogen-bond donors (Lipinski definition) is 0. The van der Waals surface area contributed by atoms with Gasteiger partial charge in [0.05, 0.1) is 5.70 Å². The summed E-state index contributed by atoms with van der Waals surface area (Å²) >= 11 is 0. The summed E-state index contributed by atoms with van der Waals surface area (Å²) in [6.07, 6.45) is 1.88. The lowest BCUT2D eigenvalue weighted by molar-refractivity contribution is 0.418. The van der Waals surface area contributed by atoms with Crippen molar-refractivity contribution in [2.24, 2.45) is 4.36 Å². The zero-order valence-corrected chi connectivity index (χ0v) is 10.1. The average molecular weight is 253 g/mol. The molecule has 1 nitrogen and oxygen atoms in total. The van der Waals surface area contributed by atoms with Crippen LogP contribution in [0.2, 0.25) is 0 Å². The predicted molar refractivity (Wildman–Crippen MR) is 68.9 cm³/mol. The van der Waals surface area contributed by atoms with E-state index in [2.05, 4.69) is 10.4 Å². The maximum Gasteiger partial charge on any atom is 0.266 e. The van der Waals surface area contributed by atoms with Crippen molar-refractivity contribution in [3.8, 4) is 0 Å². The van der Waals surface area contributed by atoms with Crippen LogP contribution in [0.25, 0.3) is 5.70 Å². The van der Waals surface area contributed by atoms with Crippen LogP contribution in [0.3, 0.4) is 0 Å². The molecule has 1 atom stereocenters. The molecule has 4 heteroatoms. The first-order chi connectivity index (χ1) is 8.25. The SMILES string of the molecule is FC(F)=CCCS1=NC(c2ccccc2)=CC1. The Morgan fingerprint density at radius 2 is 2.06 bits per heavy atom. The van der Waals surface area contributed by atoms with Gasteiger partial charge in [-0.15, -0.1) is 0 Å². The van der Waals surface area contributed by atoms with E-state index in [1.807, 2.05) is 30.3 Å². The second-order valence-electron chi connectivity index (χ2n) is 3.66. The molecule has 0 amide bonds. The zero-order chi connectivity index (χ0) is 12.1. The van der Waals surface area contributed by atoms with Crippen LogP contribution in [0.5, 0.6) is 0 Å². The maximum absolute atomic E-state index is 11.9. The largest absolute Gasteiger partial charge is 0.266 e. The Labute approximate surface area is 102 Å². The fraction of sp³-hybridized carbons (Fsp3) is 0.231. The smallest absolute Gasteiger partial charge is 0.227 e. The molecule has 0 radical (unpaired) electrons. The van der Waals surface area contributed by atoms with E-state index in [-0.39, 0.29) is 10.7 Å². The Hall–Kier alpha value is -1.29. The van der Waals surface area contributed by atoms with Gasteiger partial charge in [-0.2, -0.15) is 8.78 Å². The molecule has 1 aromatic carbocycles. The topological polar surface area (TPSA) is 12.4 Å². The van der Waals surface area contributed by atoms with Gasteiger partial charge >= 0.3 is 0 Å². The normalized spacial score (nSPS) is 18.5. The highest BCUT2D eigenvalue weighted by Gasteiger charge is 2.08. The molecule has 2 rings (SSSR count). The highest BCUT2D eigenvalue weighted by atomic mass is 32.2. The summed E-state index contributed by atoms with van der Waals surface area (Å²) in [6.45, 7) is 0.